The summed E-state index contributed by atoms with van der Waals surface area (Å²) < 4.78 is 0. The van der Waals surface area contributed by atoms with Crippen molar-refractivity contribution in [3.8, 4) is 0 Å². The van der Waals surface area contributed by atoms with E-state index in [-0.39, 0.29) is 11.8 Å². The molecule has 1 aliphatic rings. The van der Waals surface area contributed by atoms with E-state index in [9.17, 15) is 4.79 Å². The molecule has 0 radical (unpaired) electrons. The molecule has 86 valence electrons. The zero-order chi connectivity index (χ0) is 11.4. The van der Waals surface area contributed by atoms with E-state index in [0.717, 1.165) is 31.5 Å². The van der Waals surface area contributed by atoms with Crippen LogP contribution in [-0.4, -0.2) is 35.8 Å². The third kappa shape index (κ3) is 3.50. The number of rotatable bonds is 4. The van der Waals surface area contributed by atoms with Gasteiger partial charge in [-0.3, -0.25) is 9.69 Å². The van der Waals surface area contributed by atoms with E-state index in [1.807, 2.05) is 0 Å². The van der Waals surface area contributed by atoms with Crippen LogP contribution in [0.15, 0.2) is 12.2 Å². The molecule has 1 fully saturated rings. The Hall–Kier alpha value is -0.540. The van der Waals surface area contributed by atoms with Crippen LogP contribution in [0.2, 0.25) is 0 Å². The second-order valence-electron chi connectivity index (χ2n) is 4.34. The Morgan fingerprint density at radius 3 is 2.80 bits per heavy atom. The Morgan fingerprint density at radius 1 is 1.60 bits per heavy atom. The Balaban J connectivity index is 2.53. The number of nitrogens with two attached hydrogens (primary N) is 1. The number of amides is 1. The highest BCUT2D eigenvalue weighted by Gasteiger charge is 2.28. The lowest BCUT2D eigenvalue weighted by Gasteiger charge is -2.37. The molecule has 1 heterocycles. The molecule has 0 aromatic carbocycles. The van der Waals surface area contributed by atoms with Gasteiger partial charge >= 0.3 is 0 Å². The van der Waals surface area contributed by atoms with Crippen LogP contribution in [0.4, 0.5) is 0 Å². The number of halogens is 1. The molecule has 0 spiro atoms. The normalized spacial score (nSPS) is 27.6. The predicted octanol–water partition coefficient (Wildman–Crippen LogP) is 1.37. The van der Waals surface area contributed by atoms with Crippen molar-refractivity contribution in [1.82, 2.24) is 4.90 Å². The maximum Gasteiger partial charge on any atom is 0.221 e. The summed E-state index contributed by atoms with van der Waals surface area (Å²) in [4.78, 5) is 13.3. The number of alkyl halides is 1. The monoisotopic (exact) mass is 230 g/mol. The van der Waals surface area contributed by atoms with Crippen molar-refractivity contribution < 1.29 is 4.79 Å². The molecule has 1 rings (SSSR count). The van der Waals surface area contributed by atoms with E-state index >= 15 is 0 Å². The summed E-state index contributed by atoms with van der Waals surface area (Å²) in [6.07, 6.45) is 1.92. The second kappa shape index (κ2) is 5.52. The molecule has 0 saturated carbocycles. The van der Waals surface area contributed by atoms with Crippen LogP contribution in [0, 0.1) is 5.92 Å². The molecule has 0 aromatic heterocycles. The molecule has 1 saturated heterocycles. The minimum atomic E-state index is -0.191. The van der Waals surface area contributed by atoms with Crippen molar-refractivity contribution in [2.24, 2.45) is 11.7 Å². The van der Waals surface area contributed by atoms with Crippen LogP contribution in [0.3, 0.4) is 0 Å². The lowest BCUT2D eigenvalue weighted by molar-refractivity contribution is -0.123. The third-order valence-electron chi connectivity index (χ3n) is 3.03. The Morgan fingerprint density at radius 2 is 2.27 bits per heavy atom. The van der Waals surface area contributed by atoms with Gasteiger partial charge < -0.3 is 5.73 Å². The summed E-state index contributed by atoms with van der Waals surface area (Å²) in [6.45, 7) is 7.56. The van der Waals surface area contributed by atoms with Crippen LogP contribution >= 0.6 is 11.6 Å². The molecular weight excluding hydrogens is 212 g/mol. The van der Waals surface area contributed by atoms with Crippen LogP contribution in [-0.2, 0) is 4.79 Å². The van der Waals surface area contributed by atoms with Gasteiger partial charge in [-0.25, -0.2) is 0 Å². The van der Waals surface area contributed by atoms with Gasteiger partial charge in [0, 0.05) is 25.0 Å². The van der Waals surface area contributed by atoms with Gasteiger partial charge in [-0.2, -0.15) is 0 Å². The Kier molecular flexibility index (Phi) is 4.61. The lowest BCUT2D eigenvalue weighted by Crippen LogP contribution is -2.46. The largest absolute Gasteiger partial charge is 0.369 e. The van der Waals surface area contributed by atoms with E-state index in [4.69, 9.17) is 17.3 Å². The van der Waals surface area contributed by atoms with Crippen LogP contribution in [0.1, 0.15) is 19.8 Å². The number of carbonyl (C=O) groups excluding carboxylic acids is 1. The molecule has 2 atom stereocenters. The second-order valence-corrected chi connectivity index (χ2v) is 4.61. The Bertz CT molecular complexity index is 255. The van der Waals surface area contributed by atoms with Gasteiger partial charge in [0.1, 0.15) is 0 Å². The van der Waals surface area contributed by atoms with Crippen molar-refractivity contribution in [1.29, 1.82) is 0 Å². The zero-order valence-corrected chi connectivity index (χ0v) is 9.96. The van der Waals surface area contributed by atoms with Crippen LogP contribution in [0.25, 0.3) is 0 Å². The van der Waals surface area contributed by atoms with Crippen LogP contribution < -0.4 is 5.73 Å². The first kappa shape index (κ1) is 12.5. The lowest BCUT2D eigenvalue weighted by atomic mass is 9.92. The highest BCUT2D eigenvalue weighted by atomic mass is 35.5. The number of piperidine rings is 1. The number of hydrogen-bond donors (Lipinski definition) is 1. The standard InChI is InChI=1S/C11H19ClN2O/c1-8(5-12)6-14-7-10(11(13)15)4-3-9(14)2/h9-10H,1,3-7H2,2H3,(H2,13,15). The number of likely N-dealkylation sites (tertiary alicyclic amines) is 1. The minimum absolute atomic E-state index is 0.00988. The summed E-state index contributed by atoms with van der Waals surface area (Å²) in [6, 6.07) is 0.487. The van der Waals surface area contributed by atoms with Gasteiger partial charge in [0.25, 0.3) is 0 Å². The molecular formula is C11H19ClN2O. The van der Waals surface area contributed by atoms with Crippen molar-refractivity contribution in [2.45, 2.75) is 25.8 Å². The summed E-state index contributed by atoms with van der Waals surface area (Å²) in [5, 5.41) is 0. The number of carbonyl (C=O) groups is 1. The van der Waals surface area contributed by atoms with Gasteiger partial charge in [0.05, 0.1) is 5.92 Å². The van der Waals surface area contributed by atoms with E-state index in [1.165, 1.54) is 0 Å². The highest BCUT2D eigenvalue weighted by Crippen LogP contribution is 2.22. The zero-order valence-electron chi connectivity index (χ0n) is 9.21. The summed E-state index contributed by atoms with van der Waals surface area (Å²) in [5.41, 5.74) is 6.32. The third-order valence-corrected chi connectivity index (χ3v) is 3.41. The first-order valence-electron chi connectivity index (χ1n) is 5.30. The van der Waals surface area contributed by atoms with Gasteiger partial charge in [-0.05, 0) is 25.3 Å². The predicted molar refractivity (Wildman–Crippen MR) is 62.8 cm³/mol. The molecule has 2 N–H and O–H groups in total. The molecule has 0 aromatic rings. The van der Waals surface area contributed by atoms with E-state index in [1.54, 1.807) is 0 Å². The maximum atomic E-state index is 11.1. The topological polar surface area (TPSA) is 46.3 Å². The molecule has 0 aliphatic carbocycles. The Labute approximate surface area is 96.3 Å². The van der Waals surface area contributed by atoms with Crippen LogP contribution in [0.5, 0.6) is 0 Å². The van der Waals surface area contributed by atoms with Gasteiger partial charge in [0.2, 0.25) is 5.91 Å². The SMILES string of the molecule is C=C(CCl)CN1CC(C(N)=O)CCC1C. The first-order chi connectivity index (χ1) is 7.04. The van der Waals surface area contributed by atoms with Crippen molar-refractivity contribution in [3.05, 3.63) is 12.2 Å². The van der Waals surface area contributed by atoms with Crippen molar-refractivity contribution in [3.63, 3.8) is 0 Å². The number of primary amides is 1. The fourth-order valence-corrected chi connectivity index (χ4v) is 2.05. The molecule has 3 nitrogen and oxygen atoms in total. The maximum absolute atomic E-state index is 11.1. The highest BCUT2D eigenvalue weighted by molar-refractivity contribution is 6.19. The number of nitrogens with zero attached hydrogens (tertiary/aromatic N) is 1. The minimum Gasteiger partial charge on any atom is -0.369 e. The molecule has 1 aliphatic heterocycles. The molecule has 1 amide bonds. The van der Waals surface area contributed by atoms with Gasteiger partial charge in [-0.15, -0.1) is 11.6 Å². The molecule has 0 bridgehead atoms. The van der Waals surface area contributed by atoms with Crippen molar-refractivity contribution in [2.75, 3.05) is 19.0 Å². The summed E-state index contributed by atoms with van der Waals surface area (Å²) >= 11 is 5.70. The van der Waals surface area contributed by atoms with E-state index in [0.29, 0.717) is 11.9 Å². The molecule has 15 heavy (non-hydrogen) atoms. The van der Waals surface area contributed by atoms with E-state index in [2.05, 4.69) is 18.4 Å². The van der Waals surface area contributed by atoms with E-state index < -0.39 is 0 Å². The average Bonchev–Trinajstić information content (AvgIpc) is 2.20. The molecule has 4 heteroatoms. The average molecular weight is 231 g/mol. The summed E-state index contributed by atoms with van der Waals surface area (Å²) in [7, 11) is 0. The fraction of sp³-hybridized carbons (Fsp3) is 0.727. The van der Waals surface area contributed by atoms with Gasteiger partial charge in [0.15, 0.2) is 0 Å². The van der Waals surface area contributed by atoms with Crippen molar-refractivity contribution >= 4 is 17.5 Å². The van der Waals surface area contributed by atoms with Gasteiger partial charge in [-0.1, -0.05) is 6.58 Å². The number of hydrogen-bond acceptors (Lipinski definition) is 2. The quantitative estimate of drug-likeness (QED) is 0.586. The fourth-order valence-electron chi connectivity index (χ4n) is 1.96. The first-order valence-corrected chi connectivity index (χ1v) is 5.84. The smallest absolute Gasteiger partial charge is 0.221 e. The molecule has 2 unspecified atom stereocenters. The summed E-state index contributed by atoms with van der Waals surface area (Å²) in [5.74, 6) is 0.275.